The van der Waals surface area contributed by atoms with E-state index in [1.54, 1.807) is 32.4 Å². The summed E-state index contributed by atoms with van der Waals surface area (Å²) in [6.07, 6.45) is 3.74. The molecule has 3 rings (SSSR count). The Balaban J connectivity index is 1.89. The molecule has 1 heterocycles. The number of methoxy groups -OCH3 is 2. The van der Waals surface area contributed by atoms with Gasteiger partial charge in [-0.3, -0.25) is 4.79 Å². The second kappa shape index (κ2) is 9.95. The first-order valence-electron chi connectivity index (χ1n) is 9.87. The summed E-state index contributed by atoms with van der Waals surface area (Å²) in [4.78, 5) is 26.3. The molecule has 1 atom stereocenters. The normalized spacial score (nSPS) is 12.1. The number of hydrogen-bond acceptors (Lipinski definition) is 6. The molecule has 1 amide bonds. The van der Waals surface area contributed by atoms with Crippen molar-refractivity contribution in [3.8, 4) is 5.75 Å². The summed E-state index contributed by atoms with van der Waals surface area (Å²) in [6.45, 7) is 1.89. The fourth-order valence-corrected chi connectivity index (χ4v) is 3.16. The molecule has 0 aliphatic heterocycles. The van der Waals surface area contributed by atoms with Crippen molar-refractivity contribution in [2.45, 2.75) is 19.4 Å². The van der Waals surface area contributed by atoms with Crippen LogP contribution < -0.4 is 20.6 Å². The minimum atomic E-state index is -0.431. The molecule has 0 aliphatic rings. The lowest BCUT2D eigenvalue weighted by Gasteiger charge is -2.22. The number of fused-ring (bicyclic) bond motifs is 1. The zero-order chi connectivity index (χ0) is 22.4. The van der Waals surface area contributed by atoms with Gasteiger partial charge in [0, 0.05) is 37.7 Å². The van der Waals surface area contributed by atoms with E-state index >= 15 is 0 Å². The lowest BCUT2D eigenvalue weighted by atomic mass is 10.1. The molecule has 0 aliphatic carbocycles. The van der Waals surface area contributed by atoms with E-state index in [0.29, 0.717) is 22.7 Å². The predicted octanol–water partition coefficient (Wildman–Crippen LogP) is 4.49. The van der Waals surface area contributed by atoms with Crippen molar-refractivity contribution >= 4 is 33.9 Å². The van der Waals surface area contributed by atoms with E-state index in [0.717, 1.165) is 11.1 Å². The molecule has 0 spiro atoms. The summed E-state index contributed by atoms with van der Waals surface area (Å²) >= 11 is 0. The number of nitrogens with zero attached hydrogens (tertiary/aromatic N) is 1. The van der Waals surface area contributed by atoms with Gasteiger partial charge in [0.05, 0.1) is 24.6 Å². The first-order valence-corrected chi connectivity index (χ1v) is 9.87. The number of carbonyl (C=O) groups excluding carboxylic acids is 1. The number of anilines is 3. The smallest absolute Gasteiger partial charge is 0.338 e. The quantitative estimate of drug-likeness (QED) is 0.426. The van der Waals surface area contributed by atoms with Crippen LogP contribution in [0, 0.1) is 0 Å². The van der Waals surface area contributed by atoms with Crippen molar-refractivity contribution in [1.82, 2.24) is 0 Å². The Kier molecular flexibility index (Phi) is 7.10. The summed E-state index contributed by atoms with van der Waals surface area (Å²) in [7, 11) is 5.01. The largest absolute Gasteiger partial charge is 0.495 e. The van der Waals surface area contributed by atoms with E-state index < -0.39 is 5.63 Å². The highest BCUT2D eigenvalue weighted by atomic mass is 16.5. The summed E-state index contributed by atoms with van der Waals surface area (Å²) in [5.74, 6) is 0.362. The Morgan fingerprint density at radius 1 is 1.19 bits per heavy atom. The van der Waals surface area contributed by atoms with Gasteiger partial charge in [-0.2, -0.15) is 0 Å². The molecule has 3 aromatic rings. The van der Waals surface area contributed by atoms with Crippen molar-refractivity contribution in [3.05, 3.63) is 71.1 Å². The van der Waals surface area contributed by atoms with E-state index in [1.807, 2.05) is 55.3 Å². The number of nitrogens with one attached hydrogen (secondary N) is 1. The lowest BCUT2D eigenvalue weighted by molar-refractivity contribution is -0.115. The predicted molar refractivity (Wildman–Crippen MR) is 122 cm³/mol. The molecule has 1 aromatic heterocycles. The Hall–Kier alpha value is -3.58. The van der Waals surface area contributed by atoms with Crippen molar-refractivity contribution in [2.24, 2.45) is 0 Å². The highest BCUT2D eigenvalue weighted by molar-refractivity contribution is 5.95. The van der Waals surface area contributed by atoms with Crippen molar-refractivity contribution < 1.29 is 18.7 Å². The van der Waals surface area contributed by atoms with E-state index in [1.165, 1.54) is 6.07 Å². The standard InChI is InChI=1S/C24H26N2O5/c1-16(29-3)8-7-11-23(27)25-19-14-17(12-13-22(19)30-4)26(2)20-15-24(28)31-21-10-6-5-9-18(20)21/h5-10,12-16H,11H2,1-4H3,(H,25,27). The number of ether oxygens (including phenoxy) is 2. The Labute approximate surface area is 180 Å². The molecule has 0 fully saturated rings. The lowest BCUT2D eigenvalue weighted by Crippen LogP contribution is -2.15. The molecular formula is C24H26N2O5. The number of benzene rings is 2. The molecule has 7 nitrogen and oxygen atoms in total. The molecule has 0 saturated carbocycles. The Bertz CT molecular complexity index is 1150. The fourth-order valence-electron chi connectivity index (χ4n) is 3.16. The monoisotopic (exact) mass is 422 g/mol. The molecule has 0 bridgehead atoms. The van der Waals surface area contributed by atoms with E-state index in [2.05, 4.69) is 5.32 Å². The van der Waals surface area contributed by atoms with Gasteiger partial charge in [-0.25, -0.2) is 4.79 Å². The summed E-state index contributed by atoms with van der Waals surface area (Å²) in [5.41, 5.74) is 2.09. The topological polar surface area (TPSA) is 81.0 Å². The number of carbonyl (C=O) groups is 1. The molecule has 31 heavy (non-hydrogen) atoms. The highest BCUT2D eigenvalue weighted by Crippen LogP contribution is 2.34. The zero-order valence-corrected chi connectivity index (χ0v) is 18.0. The zero-order valence-electron chi connectivity index (χ0n) is 18.0. The number of hydrogen-bond donors (Lipinski definition) is 1. The van der Waals surface area contributed by atoms with Crippen molar-refractivity contribution in [3.63, 3.8) is 0 Å². The van der Waals surface area contributed by atoms with E-state index in [-0.39, 0.29) is 18.4 Å². The molecule has 1 N–H and O–H groups in total. The van der Waals surface area contributed by atoms with Crippen LogP contribution in [0.25, 0.3) is 11.0 Å². The third-order valence-electron chi connectivity index (χ3n) is 4.92. The second-order valence-electron chi connectivity index (χ2n) is 7.01. The van der Waals surface area contributed by atoms with Crippen LogP contribution in [-0.2, 0) is 9.53 Å². The number of amides is 1. The van der Waals surface area contributed by atoms with Crippen LogP contribution in [0.4, 0.5) is 17.1 Å². The molecule has 1 unspecified atom stereocenters. The van der Waals surface area contributed by atoms with E-state index in [9.17, 15) is 9.59 Å². The highest BCUT2D eigenvalue weighted by Gasteiger charge is 2.14. The first-order chi connectivity index (χ1) is 14.9. The maximum absolute atomic E-state index is 12.4. The van der Waals surface area contributed by atoms with Crippen LogP contribution in [0.15, 0.2) is 69.9 Å². The van der Waals surface area contributed by atoms with Gasteiger partial charge in [0.1, 0.15) is 11.3 Å². The van der Waals surface area contributed by atoms with Gasteiger partial charge in [0.2, 0.25) is 5.91 Å². The minimum absolute atomic E-state index is 0.0577. The average Bonchev–Trinajstić information content (AvgIpc) is 2.77. The van der Waals surface area contributed by atoms with Crippen LogP contribution in [-0.4, -0.2) is 33.3 Å². The van der Waals surface area contributed by atoms with Gasteiger partial charge in [0.15, 0.2) is 0 Å². The fraction of sp³-hybridized carbons (Fsp3) is 0.250. The maximum atomic E-state index is 12.4. The molecule has 7 heteroatoms. The van der Waals surface area contributed by atoms with Crippen LogP contribution in [0.2, 0.25) is 0 Å². The molecule has 0 saturated heterocycles. The van der Waals surface area contributed by atoms with Crippen molar-refractivity contribution in [1.29, 1.82) is 0 Å². The summed E-state index contributed by atoms with van der Waals surface area (Å²) in [5, 5.41) is 3.69. The van der Waals surface area contributed by atoms with Crippen LogP contribution in [0.5, 0.6) is 5.75 Å². The molecule has 162 valence electrons. The molecule has 2 aromatic carbocycles. The Morgan fingerprint density at radius 3 is 2.71 bits per heavy atom. The third-order valence-corrected chi connectivity index (χ3v) is 4.92. The number of para-hydroxylation sites is 1. The molecule has 0 radical (unpaired) electrons. The summed E-state index contributed by atoms with van der Waals surface area (Å²) < 4.78 is 15.8. The van der Waals surface area contributed by atoms with Gasteiger partial charge in [-0.15, -0.1) is 0 Å². The van der Waals surface area contributed by atoms with Gasteiger partial charge in [-0.1, -0.05) is 24.3 Å². The van der Waals surface area contributed by atoms with Gasteiger partial charge < -0.3 is 24.1 Å². The van der Waals surface area contributed by atoms with Crippen LogP contribution in [0.3, 0.4) is 0 Å². The SMILES string of the molecule is COc1ccc(N(C)c2cc(=O)oc3ccccc23)cc1NC(=O)CC=CC(C)OC. The minimum Gasteiger partial charge on any atom is -0.495 e. The Morgan fingerprint density at radius 2 is 1.97 bits per heavy atom. The van der Waals surface area contributed by atoms with E-state index in [4.69, 9.17) is 13.9 Å². The van der Waals surface area contributed by atoms with Gasteiger partial charge in [-0.05, 0) is 37.3 Å². The maximum Gasteiger partial charge on any atom is 0.338 e. The number of rotatable bonds is 8. The molecular weight excluding hydrogens is 396 g/mol. The third kappa shape index (κ3) is 5.32. The second-order valence-corrected chi connectivity index (χ2v) is 7.01. The first kappa shape index (κ1) is 22.1. The van der Waals surface area contributed by atoms with Crippen LogP contribution >= 0.6 is 0 Å². The van der Waals surface area contributed by atoms with Crippen LogP contribution in [0.1, 0.15) is 13.3 Å². The van der Waals surface area contributed by atoms with Crippen molar-refractivity contribution in [2.75, 3.05) is 31.5 Å². The average molecular weight is 422 g/mol. The summed E-state index contributed by atoms with van der Waals surface area (Å²) in [6, 6.07) is 14.2. The van der Waals surface area contributed by atoms with Gasteiger partial charge in [0.25, 0.3) is 0 Å². The van der Waals surface area contributed by atoms with Gasteiger partial charge >= 0.3 is 5.63 Å².